The maximum absolute atomic E-state index is 15.1. The van der Waals surface area contributed by atoms with Gasteiger partial charge in [-0.3, -0.25) is 19.2 Å². The predicted octanol–water partition coefficient (Wildman–Crippen LogP) is 8.03. The van der Waals surface area contributed by atoms with Gasteiger partial charge in [0.2, 0.25) is 0 Å². The number of nitrogens with one attached hydrogen (secondary N) is 1. The fraction of sp³-hybridized carbons (Fsp3) is 0.324. The van der Waals surface area contributed by atoms with Gasteiger partial charge in [0.25, 0.3) is 9.70 Å². The SMILES string of the molecule is C=CCO[C@@H]1O[C@H](COC(=O)c2ccccc2)[C@@H](O[C@@H]2O[C@H](COC(=O)c3ccccc3)[C@H](OC(=O)c3ccccc3)[C@H](O[C@@H]3O[C@H](COC(C)=O)[C@@H](OC(C)=O)[C@H](OC(C)=O)[C@H]3NC(=O)C(Cl)(Cl)Cl)[C@H]2OC(=O)c2ccccc2)[C@H](OC(=O)c2ccccc2)[C@H]1OC(=O)c1ccccc1. The summed E-state index contributed by atoms with van der Waals surface area (Å²) in [7, 11) is 0. The van der Waals surface area contributed by atoms with Crippen molar-refractivity contribution in [3.05, 3.63) is 228 Å². The molecule has 0 aromatic heterocycles. The van der Waals surface area contributed by atoms with Gasteiger partial charge in [-0.2, -0.15) is 0 Å². The van der Waals surface area contributed by atoms with Gasteiger partial charge in [0.1, 0.15) is 56.4 Å². The third-order valence-electron chi connectivity index (χ3n) is 15.2. The van der Waals surface area contributed by atoms with Crippen LogP contribution in [0.3, 0.4) is 0 Å². The molecule has 6 aromatic carbocycles. The molecule has 1 N–H and O–H groups in total. The fourth-order valence-electron chi connectivity index (χ4n) is 10.7. The first-order valence-electron chi connectivity index (χ1n) is 30.9. The van der Waals surface area contributed by atoms with Gasteiger partial charge in [-0.25, -0.2) is 28.8 Å². The number of rotatable bonds is 26. The van der Waals surface area contributed by atoms with E-state index in [0.29, 0.717) is 0 Å². The molecule has 3 heterocycles. The Morgan fingerprint density at radius 2 is 0.700 bits per heavy atom. The third kappa shape index (κ3) is 20.1. The minimum atomic E-state index is -2.85. The Balaban J connectivity index is 1.29. The van der Waals surface area contributed by atoms with E-state index in [4.69, 9.17) is 106 Å². The first-order valence-corrected chi connectivity index (χ1v) is 32.0. The van der Waals surface area contributed by atoms with Crippen molar-refractivity contribution in [3.8, 4) is 0 Å². The van der Waals surface area contributed by atoms with Gasteiger partial charge in [0, 0.05) is 20.8 Å². The molecule has 0 unspecified atom stereocenters. The molecule has 3 fully saturated rings. The maximum atomic E-state index is 15.1. The van der Waals surface area contributed by atoms with Crippen LogP contribution in [0.15, 0.2) is 195 Å². The molecule has 9 rings (SSSR count). The minimum Gasteiger partial charge on any atom is -0.463 e. The van der Waals surface area contributed by atoms with Crippen molar-refractivity contribution < 1.29 is 119 Å². The van der Waals surface area contributed by atoms with Crippen molar-refractivity contribution in [2.75, 3.05) is 26.4 Å². The smallest absolute Gasteiger partial charge is 0.338 e. The van der Waals surface area contributed by atoms with Crippen LogP contribution in [0.1, 0.15) is 82.9 Å². The molecule has 26 nitrogen and oxygen atoms in total. The van der Waals surface area contributed by atoms with Crippen molar-refractivity contribution >= 4 is 94.4 Å². The molecule has 526 valence electrons. The van der Waals surface area contributed by atoms with Crippen molar-refractivity contribution in [2.45, 2.75) is 117 Å². The van der Waals surface area contributed by atoms with E-state index in [9.17, 15) is 43.2 Å². The number of carbonyl (C=O) groups is 10. The molecule has 0 spiro atoms. The molecule has 3 aliphatic rings. The Kier molecular flexibility index (Phi) is 26.4. The molecule has 29 heteroatoms. The van der Waals surface area contributed by atoms with Crippen LogP contribution in [0.4, 0.5) is 0 Å². The number of amides is 1. The summed E-state index contributed by atoms with van der Waals surface area (Å²) in [6, 6.07) is 42.9. The highest BCUT2D eigenvalue weighted by Crippen LogP contribution is 2.40. The summed E-state index contributed by atoms with van der Waals surface area (Å²) in [5, 5.41) is 2.41. The van der Waals surface area contributed by atoms with Crippen molar-refractivity contribution in [1.82, 2.24) is 5.32 Å². The molecule has 3 aliphatic heterocycles. The van der Waals surface area contributed by atoms with Gasteiger partial charge in [-0.15, -0.1) is 6.58 Å². The van der Waals surface area contributed by atoms with E-state index < -0.39 is 175 Å². The highest BCUT2D eigenvalue weighted by atomic mass is 35.6. The summed E-state index contributed by atoms with van der Waals surface area (Å²) >= 11 is 18.6. The summed E-state index contributed by atoms with van der Waals surface area (Å²) in [5.41, 5.74) is -0.277. The molecule has 0 aliphatic carbocycles. The number of hydrogen-bond donors (Lipinski definition) is 1. The number of ether oxygens (including phenoxy) is 15. The van der Waals surface area contributed by atoms with Gasteiger partial charge < -0.3 is 76.4 Å². The van der Waals surface area contributed by atoms with Crippen LogP contribution in [-0.2, 0) is 90.2 Å². The summed E-state index contributed by atoms with van der Waals surface area (Å²) in [6.45, 7) is 3.80. The van der Waals surface area contributed by atoms with Gasteiger partial charge in [-0.05, 0) is 72.8 Å². The van der Waals surface area contributed by atoms with E-state index in [1.54, 1.807) is 72.8 Å². The summed E-state index contributed by atoms with van der Waals surface area (Å²) in [4.78, 5) is 141. The molecule has 0 saturated carbocycles. The topological polar surface area (TPSA) is 321 Å². The van der Waals surface area contributed by atoms with Crippen LogP contribution in [0.5, 0.6) is 0 Å². The van der Waals surface area contributed by atoms with Gasteiger partial charge in [-0.1, -0.05) is 150 Å². The first-order chi connectivity index (χ1) is 48.1. The largest absolute Gasteiger partial charge is 0.463 e. The average molecular weight is 1440 g/mol. The van der Waals surface area contributed by atoms with Gasteiger partial charge >= 0.3 is 53.7 Å². The minimum absolute atomic E-state index is 0.00635. The monoisotopic (exact) mass is 1440 g/mol. The molecule has 15 atom stereocenters. The summed E-state index contributed by atoms with van der Waals surface area (Å²) in [5.74, 6) is -10.8. The molecular formula is C71H66Cl3NO25. The second-order valence-electron chi connectivity index (χ2n) is 22.3. The number of benzene rings is 6. The lowest BCUT2D eigenvalue weighted by Gasteiger charge is -2.51. The lowest BCUT2D eigenvalue weighted by Crippen LogP contribution is -2.71. The lowest BCUT2D eigenvalue weighted by molar-refractivity contribution is -0.372. The number of alkyl halides is 3. The zero-order valence-corrected chi connectivity index (χ0v) is 55.7. The maximum Gasteiger partial charge on any atom is 0.338 e. The molecule has 1 amide bonds. The van der Waals surface area contributed by atoms with E-state index >= 15 is 4.79 Å². The fourth-order valence-corrected chi connectivity index (χ4v) is 10.9. The van der Waals surface area contributed by atoms with Crippen molar-refractivity contribution in [2.24, 2.45) is 0 Å². The second-order valence-corrected chi connectivity index (χ2v) is 24.6. The van der Waals surface area contributed by atoms with E-state index in [1.807, 2.05) is 0 Å². The number of hydrogen-bond acceptors (Lipinski definition) is 25. The summed E-state index contributed by atoms with van der Waals surface area (Å²) < 4.78 is 91.8. The van der Waals surface area contributed by atoms with Crippen LogP contribution < -0.4 is 5.32 Å². The molecule has 3 saturated heterocycles. The molecule has 6 aromatic rings. The van der Waals surface area contributed by atoms with Crippen LogP contribution in [0.2, 0.25) is 0 Å². The van der Waals surface area contributed by atoms with E-state index in [1.165, 1.54) is 115 Å². The Labute approximate surface area is 587 Å². The zero-order valence-electron chi connectivity index (χ0n) is 53.4. The van der Waals surface area contributed by atoms with Crippen molar-refractivity contribution in [3.63, 3.8) is 0 Å². The highest BCUT2D eigenvalue weighted by molar-refractivity contribution is 6.76. The number of halogens is 3. The normalized spacial score (nSPS) is 24.8. The Bertz CT molecular complexity index is 3800. The predicted molar refractivity (Wildman–Crippen MR) is 348 cm³/mol. The standard InChI is InChI=1S/C71H66Cl3NO25/c1-5-36-86-68-59(97-65(83)47-32-20-10-21-33-47)57(96-64(82)46-30-18-9-19-31-46)55(51(93-68)39-89-62(80)44-26-14-7-15-27-44)99-69-60(98-66(84)48-34-22-11-23-35-48)58(54(95-63(81)45-28-16-8-17-29-45)50(94-69)38-88-61(79)43-24-12-6-13-25-43)100-67-52(75-70(85)71(72,73)74)56(91-42(4)78)53(90-41(3)77)49(92-67)37-87-40(2)76/h5-35,49-60,67-69H,1,36-39H2,2-4H3,(H,75,85)/t49-,50-,51-,52-,53-,54+,55-,56-,57+,58+,59-,60-,67+,68-,69+/m1/s1. The van der Waals surface area contributed by atoms with Crippen LogP contribution in [-0.4, -0.2) is 182 Å². The third-order valence-corrected chi connectivity index (χ3v) is 15.7. The number of esters is 9. The van der Waals surface area contributed by atoms with E-state index in [0.717, 1.165) is 20.8 Å². The van der Waals surface area contributed by atoms with Gasteiger partial charge in [0.15, 0.2) is 55.5 Å². The zero-order chi connectivity index (χ0) is 71.5. The van der Waals surface area contributed by atoms with Crippen molar-refractivity contribution in [1.29, 1.82) is 0 Å². The Morgan fingerprint density at radius 1 is 0.380 bits per heavy atom. The molecular weight excluding hydrogens is 1370 g/mol. The molecule has 100 heavy (non-hydrogen) atoms. The molecule has 0 bridgehead atoms. The summed E-state index contributed by atoms with van der Waals surface area (Å²) in [6.07, 6.45) is -26.9. The first kappa shape index (κ1) is 74.6. The highest BCUT2D eigenvalue weighted by Gasteiger charge is 2.61. The van der Waals surface area contributed by atoms with Gasteiger partial charge in [0.05, 0.1) is 40.0 Å². The van der Waals surface area contributed by atoms with Crippen LogP contribution >= 0.6 is 34.8 Å². The van der Waals surface area contributed by atoms with E-state index in [-0.39, 0.29) is 40.0 Å². The second kappa shape index (κ2) is 35.4. The Morgan fingerprint density at radius 3 is 1.09 bits per heavy atom. The van der Waals surface area contributed by atoms with Crippen LogP contribution in [0.25, 0.3) is 0 Å². The number of carbonyl (C=O) groups excluding carboxylic acids is 10. The molecule has 0 radical (unpaired) electrons. The quantitative estimate of drug-likeness (QED) is 0.0232. The Hall–Kier alpha value is -9.61. The van der Waals surface area contributed by atoms with E-state index in [2.05, 4.69) is 11.9 Å². The average Bonchev–Trinajstić information content (AvgIpc) is 0.758. The lowest BCUT2D eigenvalue weighted by atomic mass is 9.94. The van der Waals surface area contributed by atoms with Crippen LogP contribution in [0, 0.1) is 0 Å².